The lowest BCUT2D eigenvalue weighted by atomic mass is 9.65. The van der Waals surface area contributed by atoms with Gasteiger partial charge in [0.05, 0.1) is 5.69 Å². The van der Waals surface area contributed by atoms with Gasteiger partial charge in [0.25, 0.3) is 0 Å². The van der Waals surface area contributed by atoms with Crippen molar-refractivity contribution in [3.8, 4) is 0 Å². The number of aryl methyl sites for hydroxylation is 1. The van der Waals surface area contributed by atoms with Crippen LogP contribution in [0.4, 0.5) is 0 Å². The van der Waals surface area contributed by atoms with Crippen molar-refractivity contribution in [2.24, 2.45) is 18.4 Å². The Labute approximate surface area is 110 Å². The summed E-state index contributed by atoms with van der Waals surface area (Å²) in [4.78, 5) is 0. The zero-order valence-electron chi connectivity index (χ0n) is 12.1. The third kappa shape index (κ3) is 2.91. The van der Waals surface area contributed by atoms with E-state index in [0.717, 1.165) is 18.0 Å². The first-order valence-corrected chi connectivity index (χ1v) is 7.05. The Kier molecular flexibility index (Phi) is 4.05. The Bertz CT molecular complexity index is 383. The zero-order chi connectivity index (χ0) is 13.2. The van der Waals surface area contributed by atoms with Crippen LogP contribution in [0.25, 0.3) is 0 Å². The van der Waals surface area contributed by atoms with Crippen LogP contribution in [0.15, 0.2) is 6.20 Å². The van der Waals surface area contributed by atoms with E-state index in [9.17, 15) is 0 Å². The molecule has 2 rings (SSSR count). The lowest BCUT2D eigenvalue weighted by Gasteiger charge is -2.43. The fraction of sp³-hybridized carbons (Fsp3) is 0.857. The van der Waals surface area contributed by atoms with Crippen molar-refractivity contribution in [3.63, 3.8) is 0 Å². The van der Waals surface area contributed by atoms with Crippen molar-refractivity contribution in [3.05, 3.63) is 11.9 Å². The van der Waals surface area contributed by atoms with Crippen LogP contribution in [0, 0.1) is 11.3 Å². The van der Waals surface area contributed by atoms with E-state index in [1.54, 1.807) is 4.68 Å². The highest BCUT2D eigenvalue weighted by Gasteiger charge is 2.37. The smallest absolute Gasteiger partial charge is 0.0842 e. The van der Waals surface area contributed by atoms with Gasteiger partial charge in [-0.15, -0.1) is 5.10 Å². The standard InChI is InChI=1S/C14H26N4/c1-14(2)8-6-5-7-12(14)13(15-3)9-11-10-18(4)17-16-11/h10,12-13,15H,5-9H2,1-4H3. The summed E-state index contributed by atoms with van der Waals surface area (Å²) in [6, 6.07) is 0.511. The second kappa shape index (κ2) is 5.39. The predicted molar refractivity (Wildman–Crippen MR) is 73.3 cm³/mol. The topological polar surface area (TPSA) is 42.7 Å². The predicted octanol–water partition coefficient (Wildman–Crippen LogP) is 2.16. The Balaban J connectivity index is 2.07. The summed E-state index contributed by atoms with van der Waals surface area (Å²) < 4.78 is 1.79. The zero-order valence-corrected chi connectivity index (χ0v) is 12.1. The van der Waals surface area contributed by atoms with Gasteiger partial charge in [0, 0.05) is 25.7 Å². The van der Waals surface area contributed by atoms with Gasteiger partial charge < -0.3 is 5.32 Å². The molecule has 0 aliphatic heterocycles. The first-order valence-electron chi connectivity index (χ1n) is 7.05. The maximum atomic E-state index is 4.22. The van der Waals surface area contributed by atoms with Crippen LogP contribution >= 0.6 is 0 Å². The highest BCUT2D eigenvalue weighted by atomic mass is 15.4. The molecule has 0 saturated heterocycles. The first-order chi connectivity index (χ1) is 8.53. The maximum Gasteiger partial charge on any atom is 0.0842 e. The molecule has 4 heteroatoms. The summed E-state index contributed by atoms with van der Waals surface area (Å²) in [6.45, 7) is 4.83. The highest BCUT2D eigenvalue weighted by Crippen LogP contribution is 2.42. The highest BCUT2D eigenvalue weighted by molar-refractivity contribution is 5.00. The van der Waals surface area contributed by atoms with Crippen molar-refractivity contribution < 1.29 is 0 Å². The summed E-state index contributed by atoms with van der Waals surface area (Å²) in [5.41, 5.74) is 1.53. The van der Waals surface area contributed by atoms with Crippen LogP contribution in [0.5, 0.6) is 0 Å². The van der Waals surface area contributed by atoms with Crippen molar-refractivity contribution >= 4 is 0 Å². The van der Waals surface area contributed by atoms with E-state index >= 15 is 0 Å². The lowest BCUT2D eigenvalue weighted by Crippen LogP contribution is -2.44. The molecule has 0 radical (unpaired) electrons. The molecule has 18 heavy (non-hydrogen) atoms. The van der Waals surface area contributed by atoms with E-state index in [-0.39, 0.29) is 0 Å². The molecule has 1 aliphatic rings. The third-order valence-corrected chi connectivity index (χ3v) is 4.53. The average Bonchev–Trinajstić information content (AvgIpc) is 2.72. The van der Waals surface area contributed by atoms with E-state index in [0.29, 0.717) is 11.5 Å². The Morgan fingerprint density at radius 2 is 2.28 bits per heavy atom. The lowest BCUT2D eigenvalue weighted by molar-refractivity contribution is 0.101. The molecule has 0 amide bonds. The third-order valence-electron chi connectivity index (χ3n) is 4.53. The number of likely N-dealkylation sites (N-methyl/N-ethyl adjacent to an activating group) is 1. The van der Waals surface area contributed by atoms with Gasteiger partial charge >= 0.3 is 0 Å². The monoisotopic (exact) mass is 250 g/mol. The number of hydrogen-bond donors (Lipinski definition) is 1. The molecule has 1 heterocycles. The van der Waals surface area contributed by atoms with E-state index in [2.05, 4.69) is 36.5 Å². The molecule has 0 spiro atoms. The first kappa shape index (κ1) is 13.5. The molecular formula is C14H26N4. The number of nitrogens with one attached hydrogen (secondary N) is 1. The van der Waals surface area contributed by atoms with Crippen LogP contribution in [-0.4, -0.2) is 28.1 Å². The molecule has 2 atom stereocenters. The molecule has 1 aromatic heterocycles. The van der Waals surface area contributed by atoms with Crippen molar-refractivity contribution in [1.29, 1.82) is 0 Å². The van der Waals surface area contributed by atoms with Gasteiger partial charge in [-0.05, 0) is 31.2 Å². The van der Waals surface area contributed by atoms with Crippen LogP contribution in [0.2, 0.25) is 0 Å². The molecule has 1 aromatic rings. The van der Waals surface area contributed by atoms with Gasteiger partial charge in [0.15, 0.2) is 0 Å². The van der Waals surface area contributed by atoms with Crippen LogP contribution < -0.4 is 5.32 Å². The SMILES string of the molecule is CNC(Cc1cn(C)nn1)C1CCCCC1(C)C. The van der Waals surface area contributed by atoms with Crippen LogP contribution in [0.3, 0.4) is 0 Å². The molecule has 2 unspecified atom stereocenters. The van der Waals surface area contributed by atoms with E-state index in [4.69, 9.17) is 0 Å². The quantitative estimate of drug-likeness (QED) is 0.890. The summed E-state index contributed by atoms with van der Waals surface area (Å²) in [5.74, 6) is 0.734. The van der Waals surface area contributed by atoms with Crippen LogP contribution in [0.1, 0.15) is 45.2 Å². The fourth-order valence-corrected chi connectivity index (χ4v) is 3.43. The van der Waals surface area contributed by atoms with Gasteiger partial charge in [0.2, 0.25) is 0 Å². The number of hydrogen-bond acceptors (Lipinski definition) is 3. The maximum absolute atomic E-state index is 4.22. The summed E-state index contributed by atoms with van der Waals surface area (Å²) in [7, 11) is 4.00. The number of aromatic nitrogens is 3. The van der Waals surface area contributed by atoms with Gasteiger partial charge in [-0.2, -0.15) is 0 Å². The fourth-order valence-electron chi connectivity index (χ4n) is 3.43. The molecule has 1 N–H and O–H groups in total. The molecular weight excluding hydrogens is 224 g/mol. The van der Waals surface area contributed by atoms with Crippen molar-refractivity contribution in [2.75, 3.05) is 7.05 Å². The minimum Gasteiger partial charge on any atom is -0.316 e. The van der Waals surface area contributed by atoms with Gasteiger partial charge in [-0.3, -0.25) is 4.68 Å². The Morgan fingerprint density at radius 3 is 2.83 bits per heavy atom. The van der Waals surface area contributed by atoms with Crippen LogP contribution in [-0.2, 0) is 13.5 Å². The van der Waals surface area contributed by atoms with Gasteiger partial charge in [-0.1, -0.05) is 31.9 Å². The van der Waals surface area contributed by atoms with Gasteiger partial charge in [-0.25, -0.2) is 0 Å². The minimum absolute atomic E-state index is 0.439. The van der Waals surface area contributed by atoms with Gasteiger partial charge in [0.1, 0.15) is 0 Å². The Hall–Kier alpha value is -0.900. The summed E-state index contributed by atoms with van der Waals surface area (Å²) in [6.07, 6.45) is 8.44. The van der Waals surface area contributed by atoms with E-state index in [1.807, 2.05) is 13.2 Å². The average molecular weight is 250 g/mol. The summed E-state index contributed by atoms with van der Waals surface area (Å²) in [5, 5.41) is 11.8. The number of rotatable bonds is 4. The molecule has 0 bridgehead atoms. The van der Waals surface area contributed by atoms with E-state index in [1.165, 1.54) is 25.7 Å². The number of nitrogens with zero attached hydrogens (tertiary/aromatic N) is 3. The van der Waals surface area contributed by atoms with Crippen molar-refractivity contribution in [2.45, 2.75) is 52.0 Å². The van der Waals surface area contributed by atoms with E-state index < -0.39 is 0 Å². The summed E-state index contributed by atoms with van der Waals surface area (Å²) >= 11 is 0. The molecule has 102 valence electrons. The largest absolute Gasteiger partial charge is 0.316 e. The molecule has 1 aliphatic carbocycles. The molecule has 1 saturated carbocycles. The molecule has 1 fully saturated rings. The van der Waals surface area contributed by atoms with Crippen molar-refractivity contribution in [1.82, 2.24) is 20.3 Å². The second-order valence-electron chi connectivity index (χ2n) is 6.32. The minimum atomic E-state index is 0.439. The second-order valence-corrected chi connectivity index (χ2v) is 6.32. The Morgan fingerprint density at radius 1 is 1.50 bits per heavy atom. The normalized spacial score (nSPS) is 25.0. The molecule has 0 aromatic carbocycles. The molecule has 4 nitrogen and oxygen atoms in total.